The highest BCUT2D eigenvalue weighted by Gasteiger charge is 2.49. The molecule has 5 atom stereocenters. The number of methoxy groups -OCH3 is 1. The molecule has 2 fully saturated rings. The lowest BCUT2D eigenvalue weighted by atomic mass is 9.68. The van der Waals surface area contributed by atoms with Crippen molar-refractivity contribution in [3.05, 3.63) is 46.2 Å². The van der Waals surface area contributed by atoms with Crippen LogP contribution in [-0.4, -0.2) is 90.4 Å². The van der Waals surface area contributed by atoms with Crippen molar-refractivity contribution in [2.45, 2.75) is 94.6 Å². The summed E-state index contributed by atoms with van der Waals surface area (Å²) in [7, 11) is 5.66. The molecule has 0 amide bonds. The SMILES string of the molecule is CN=Cc1c(N)ccc2c1[C@]1(CCCc3c(-c4nc(O[C@@H](C)[C@@H]5[C@@H](OC)CCN5C)cc(O[C@@H]5CNC5(C)C)n4)noc31)CC2. The molecule has 3 N–H and O–H groups in total. The molecule has 2 aliphatic carbocycles. The van der Waals surface area contributed by atoms with Crippen LogP contribution >= 0.6 is 0 Å². The number of benzene rings is 1. The number of likely N-dealkylation sites (tertiary alicyclic amines) is 1. The Balaban J connectivity index is 1.29. The Morgan fingerprint density at radius 2 is 2.02 bits per heavy atom. The van der Waals surface area contributed by atoms with Crippen molar-refractivity contribution in [2.24, 2.45) is 4.99 Å². The molecule has 1 aromatic carbocycles. The second-order valence-electron chi connectivity index (χ2n) is 13.7. The molecule has 11 nitrogen and oxygen atoms in total. The van der Waals surface area contributed by atoms with Crippen LogP contribution in [0.15, 0.2) is 27.7 Å². The molecule has 7 rings (SSSR count). The maximum Gasteiger partial charge on any atom is 0.221 e. The average Bonchev–Trinajstić information content (AvgIpc) is 3.73. The van der Waals surface area contributed by atoms with E-state index in [-0.39, 0.29) is 35.3 Å². The van der Waals surface area contributed by atoms with Crippen molar-refractivity contribution in [1.29, 1.82) is 0 Å². The van der Waals surface area contributed by atoms with Gasteiger partial charge in [-0.3, -0.25) is 9.89 Å². The topological polar surface area (TPSA) is 133 Å². The molecule has 2 saturated heterocycles. The van der Waals surface area contributed by atoms with Gasteiger partial charge in [0.15, 0.2) is 17.3 Å². The third-order valence-corrected chi connectivity index (χ3v) is 10.6. The molecule has 11 heteroatoms. The van der Waals surface area contributed by atoms with Crippen molar-refractivity contribution in [2.75, 3.05) is 40.0 Å². The van der Waals surface area contributed by atoms with Crippen LogP contribution in [0.25, 0.3) is 11.5 Å². The fourth-order valence-corrected chi connectivity index (χ4v) is 8.12. The Bertz CT molecular complexity index is 1620. The molecule has 1 spiro atoms. The number of hydrogen-bond donors (Lipinski definition) is 2. The standard InChI is InChI=1S/C34H45N7O4/c1-19(30-24(42-6)12-15-41(30)5)43-26-16-27(44-25-18-37-33(25,2)3)39-32(38-26)29-21-8-7-13-34(31(21)45-40-29)14-11-20-9-10-23(35)22(17-36-4)28(20)34/h9-10,16-17,19,24-25,30,37H,7-8,11-15,18,35H2,1-6H3/t19-,24-,25+,30+,34-/m0/s1. The lowest BCUT2D eigenvalue weighted by molar-refractivity contribution is 0.0157. The maximum absolute atomic E-state index is 6.55. The third kappa shape index (κ3) is 4.99. The summed E-state index contributed by atoms with van der Waals surface area (Å²) in [6.45, 7) is 8.02. The van der Waals surface area contributed by atoms with Gasteiger partial charge < -0.3 is 29.8 Å². The van der Waals surface area contributed by atoms with E-state index in [9.17, 15) is 0 Å². The number of nitrogens with one attached hydrogen (secondary N) is 1. The number of rotatable bonds is 8. The molecule has 0 bridgehead atoms. The zero-order chi connectivity index (χ0) is 31.5. The lowest BCUT2D eigenvalue weighted by Crippen LogP contribution is -2.67. The minimum atomic E-state index is -0.314. The van der Waals surface area contributed by atoms with E-state index < -0.39 is 0 Å². The molecule has 45 heavy (non-hydrogen) atoms. The van der Waals surface area contributed by atoms with Gasteiger partial charge in [0.1, 0.15) is 12.2 Å². The van der Waals surface area contributed by atoms with Gasteiger partial charge in [0.2, 0.25) is 11.8 Å². The number of nitrogens with two attached hydrogens (primary N) is 1. The first-order valence-corrected chi connectivity index (χ1v) is 16.2. The number of aryl methyl sites for hydroxylation is 1. The fourth-order valence-electron chi connectivity index (χ4n) is 8.12. The van der Waals surface area contributed by atoms with E-state index in [4.69, 9.17) is 34.4 Å². The Kier molecular flexibility index (Phi) is 7.61. The first-order valence-electron chi connectivity index (χ1n) is 16.2. The van der Waals surface area contributed by atoms with Crippen molar-refractivity contribution >= 4 is 11.9 Å². The normalized spacial score (nSPS) is 27.8. The molecule has 3 aromatic rings. The van der Waals surface area contributed by atoms with Gasteiger partial charge in [0.25, 0.3) is 0 Å². The van der Waals surface area contributed by atoms with Gasteiger partial charge in [0.05, 0.1) is 29.2 Å². The molecule has 4 heterocycles. The van der Waals surface area contributed by atoms with Crippen LogP contribution in [0.1, 0.15) is 74.5 Å². The van der Waals surface area contributed by atoms with Crippen molar-refractivity contribution in [1.82, 2.24) is 25.3 Å². The van der Waals surface area contributed by atoms with Gasteiger partial charge in [0, 0.05) is 50.3 Å². The number of nitrogen functional groups attached to an aromatic ring is 1. The number of anilines is 1. The van der Waals surface area contributed by atoms with Crippen LogP contribution in [0.2, 0.25) is 0 Å². The van der Waals surface area contributed by atoms with Gasteiger partial charge in [-0.05, 0) is 83.5 Å². The minimum Gasteiger partial charge on any atom is -0.473 e. The Morgan fingerprint density at radius 3 is 2.76 bits per heavy atom. The number of nitrogens with zero attached hydrogens (tertiary/aromatic N) is 5. The van der Waals surface area contributed by atoms with E-state index in [1.807, 2.05) is 12.3 Å². The number of fused-ring (bicyclic) bond motifs is 4. The molecule has 4 aliphatic rings. The summed E-state index contributed by atoms with van der Waals surface area (Å²) in [5.41, 5.74) is 12.0. The van der Waals surface area contributed by atoms with Crippen LogP contribution in [0.5, 0.6) is 11.8 Å². The van der Waals surface area contributed by atoms with Crippen molar-refractivity contribution in [3.63, 3.8) is 0 Å². The van der Waals surface area contributed by atoms with E-state index in [1.54, 1.807) is 20.2 Å². The molecule has 0 unspecified atom stereocenters. The zero-order valence-electron chi connectivity index (χ0n) is 27.2. The largest absolute Gasteiger partial charge is 0.473 e. The number of ether oxygens (including phenoxy) is 3. The monoisotopic (exact) mass is 615 g/mol. The van der Waals surface area contributed by atoms with Gasteiger partial charge in [-0.25, -0.2) is 0 Å². The molecular weight excluding hydrogens is 570 g/mol. The first kappa shape index (κ1) is 30.1. The Labute approximate surface area is 264 Å². The predicted octanol–water partition coefficient (Wildman–Crippen LogP) is 3.95. The Hall–Kier alpha value is -3.54. The minimum absolute atomic E-state index is 0.0297. The smallest absolute Gasteiger partial charge is 0.221 e. The highest BCUT2D eigenvalue weighted by molar-refractivity contribution is 5.91. The van der Waals surface area contributed by atoms with E-state index in [0.717, 1.165) is 74.2 Å². The third-order valence-electron chi connectivity index (χ3n) is 10.6. The van der Waals surface area contributed by atoms with Crippen LogP contribution in [-0.2, 0) is 23.0 Å². The van der Waals surface area contributed by atoms with Gasteiger partial charge in [-0.2, -0.15) is 9.97 Å². The van der Waals surface area contributed by atoms with E-state index >= 15 is 0 Å². The van der Waals surface area contributed by atoms with Gasteiger partial charge >= 0.3 is 0 Å². The molecule has 2 aromatic heterocycles. The van der Waals surface area contributed by atoms with E-state index in [0.29, 0.717) is 23.3 Å². The zero-order valence-corrected chi connectivity index (χ0v) is 27.2. The van der Waals surface area contributed by atoms with Gasteiger partial charge in [-0.15, -0.1) is 0 Å². The molecule has 240 valence electrons. The van der Waals surface area contributed by atoms with Crippen LogP contribution in [0.4, 0.5) is 5.69 Å². The number of likely N-dealkylation sites (N-methyl/N-ethyl adjacent to an activating group) is 1. The molecule has 0 radical (unpaired) electrons. The first-order chi connectivity index (χ1) is 21.6. The quantitative estimate of drug-likeness (QED) is 0.284. The predicted molar refractivity (Wildman–Crippen MR) is 172 cm³/mol. The van der Waals surface area contributed by atoms with Crippen LogP contribution in [0.3, 0.4) is 0 Å². The summed E-state index contributed by atoms with van der Waals surface area (Å²) in [6.07, 6.45) is 7.41. The van der Waals surface area contributed by atoms with Crippen molar-refractivity contribution < 1.29 is 18.7 Å². The highest BCUT2D eigenvalue weighted by Crippen LogP contribution is 2.54. The summed E-state index contributed by atoms with van der Waals surface area (Å²) < 4.78 is 25.1. The number of hydrogen-bond acceptors (Lipinski definition) is 11. The average molecular weight is 616 g/mol. The highest BCUT2D eigenvalue weighted by atomic mass is 16.5. The van der Waals surface area contributed by atoms with Gasteiger partial charge in [-0.1, -0.05) is 11.2 Å². The molecular formula is C34H45N7O4. The summed E-state index contributed by atoms with van der Waals surface area (Å²) in [4.78, 5) is 16.5. The molecule has 0 saturated carbocycles. The van der Waals surface area contributed by atoms with E-state index in [1.165, 1.54) is 11.1 Å². The lowest BCUT2D eigenvalue weighted by Gasteiger charge is -2.44. The molecule has 2 aliphatic heterocycles. The summed E-state index contributed by atoms with van der Waals surface area (Å²) >= 11 is 0. The van der Waals surface area contributed by atoms with Crippen LogP contribution < -0.4 is 20.5 Å². The fraction of sp³-hybridized carbons (Fsp3) is 0.588. The number of aliphatic imine (C=N–C) groups is 1. The Morgan fingerprint density at radius 1 is 1.20 bits per heavy atom. The summed E-state index contributed by atoms with van der Waals surface area (Å²) in [6, 6.07) is 6.04. The number of aromatic nitrogens is 3. The summed E-state index contributed by atoms with van der Waals surface area (Å²) in [5, 5.41) is 8.09. The van der Waals surface area contributed by atoms with Crippen LogP contribution in [0, 0.1) is 0 Å². The second kappa shape index (κ2) is 11.4. The second-order valence-corrected chi connectivity index (χ2v) is 13.7. The van der Waals surface area contributed by atoms with Crippen molar-refractivity contribution in [3.8, 4) is 23.3 Å². The van der Waals surface area contributed by atoms with E-state index in [2.05, 4.69) is 54.3 Å². The summed E-state index contributed by atoms with van der Waals surface area (Å²) in [5.74, 6) is 2.26. The maximum atomic E-state index is 6.55.